The van der Waals surface area contributed by atoms with Crippen molar-refractivity contribution in [2.75, 3.05) is 0 Å². The Labute approximate surface area is 306 Å². The Morgan fingerprint density at radius 2 is 0.818 bits per heavy atom. The summed E-state index contributed by atoms with van der Waals surface area (Å²) in [4.78, 5) is 14.3. The van der Waals surface area contributed by atoms with Crippen LogP contribution in [0.3, 0.4) is 0 Å². The number of hydrogen-bond acceptors (Lipinski definition) is 3. The largest absolute Gasteiger partial charge is 0.416 e. The highest BCUT2D eigenvalue weighted by atomic mass is 19.4. The van der Waals surface area contributed by atoms with E-state index in [1.807, 2.05) is 0 Å². The lowest BCUT2D eigenvalue weighted by Crippen LogP contribution is -2.05. The maximum Gasteiger partial charge on any atom is 0.416 e. The number of fused-ring (bicyclic) bond motifs is 3. The average Bonchev–Trinajstić information content (AvgIpc) is 3.50. The highest BCUT2D eigenvalue weighted by molar-refractivity contribution is 6.10. The van der Waals surface area contributed by atoms with Crippen LogP contribution in [0.15, 0.2) is 140 Å². The average molecular weight is 755 g/mol. The minimum absolute atomic E-state index is 0.0569. The van der Waals surface area contributed by atoms with E-state index in [4.69, 9.17) is 15.0 Å². The number of halogens is 9. The van der Waals surface area contributed by atoms with Crippen LogP contribution in [0.1, 0.15) is 16.7 Å². The van der Waals surface area contributed by atoms with Gasteiger partial charge < -0.3 is 4.57 Å². The predicted octanol–water partition coefficient (Wildman–Crippen LogP) is 12.7. The van der Waals surface area contributed by atoms with Gasteiger partial charge in [0.15, 0.2) is 17.5 Å². The molecule has 0 radical (unpaired) electrons. The van der Waals surface area contributed by atoms with Crippen LogP contribution in [0.2, 0.25) is 0 Å². The molecule has 4 nitrogen and oxygen atoms in total. The molecule has 55 heavy (non-hydrogen) atoms. The summed E-state index contributed by atoms with van der Waals surface area (Å²) in [6.07, 6.45) is -14.2. The summed E-state index contributed by atoms with van der Waals surface area (Å²) in [6.45, 7) is 0. The van der Waals surface area contributed by atoms with E-state index in [1.54, 1.807) is 66.7 Å². The van der Waals surface area contributed by atoms with Gasteiger partial charge in [-0.2, -0.15) is 39.5 Å². The summed E-state index contributed by atoms with van der Waals surface area (Å²) in [5, 5.41) is -0.172. The second-order valence-electron chi connectivity index (χ2n) is 12.6. The minimum Gasteiger partial charge on any atom is -0.309 e. The Morgan fingerprint density at radius 1 is 0.364 bits per heavy atom. The Bertz CT molecular complexity index is 2590. The second kappa shape index (κ2) is 13.1. The normalized spacial score (nSPS) is 12.5. The first-order chi connectivity index (χ1) is 26.1. The Hall–Kier alpha value is -6.50. The van der Waals surface area contributed by atoms with Crippen LogP contribution in [0.4, 0.5) is 39.5 Å². The van der Waals surface area contributed by atoms with Gasteiger partial charge in [0.25, 0.3) is 0 Å². The summed E-state index contributed by atoms with van der Waals surface area (Å²) in [6, 6.07) is 32.8. The van der Waals surface area contributed by atoms with E-state index in [1.165, 1.54) is 41.0 Å². The molecular weight excluding hydrogens is 731 g/mol. The molecule has 2 aromatic heterocycles. The predicted molar refractivity (Wildman–Crippen MR) is 191 cm³/mol. The Morgan fingerprint density at radius 3 is 1.31 bits per heavy atom. The van der Waals surface area contributed by atoms with Gasteiger partial charge in [-0.3, -0.25) is 0 Å². The monoisotopic (exact) mass is 754 g/mol. The van der Waals surface area contributed by atoms with Crippen LogP contribution in [0.25, 0.3) is 72.8 Å². The van der Waals surface area contributed by atoms with Gasteiger partial charge in [-0.05, 0) is 71.8 Å². The third-order valence-electron chi connectivity index (χ3n) is 9.12. The zero-order chi connectivity index (χ0) is 38.7. The highest BCUT2D eigenvalue weighted by Gasteiger charge is 2.34. The molecule has 0 amide bonds. The van der Waals surface area contributed by atoms with Crippen LogP contribution in [0, 0.1) is 0 Å². The van der Waals surface area contributed by atoms with E-state index in [9.17, 15) is 39.5 Å². The zero-order valence-corrected chi connectivity index (χ0v) is 28.0. The number of benzene rings is 6. The molecule has 8 aromatic rings. The molecule has 0 unspecified atom stereocenters. The van der Waals surface area contributed by atoms with Gasteiger partial charge in [-0.1, -0.05) is 78.9 Å². The van der Waals surface area contributed by atoms with E-state index >= 15 is 0 Å². The van der Waals surface area contributed by atoms with Crippen molar-refractivity contribution in [2.24, 2.45) is 0 Å². The zero-order valence-electron chi connectivity index (χ0n) is 28.0. The molecule has 6 aromatic carbocycles. The Balaban J connectivity index is 1.44. The molecule has 0 fully saturated rings. The lowest BCUT2D eigenvalue weighted by molar-refractivity contribution is -0.138. The molecule has 13 heteroatoms. The molecule has 0 aliphatic heterocycles. The quantitative estimate of drug-likeness (QED) is 0.164. The number of alkyl halides is 9. The van der Waals surface area contributed by atoms with Crippen LogP contribution in [-0.2, 0) is 18.5 Å². The summed E-state index contributed by atoms with van der Waals surface area (Å²) in [7, 11) is 0. The molecule has 0 aliphatic rings. The lowest BCUT2D eigenvalue weighted by atomic mass is 9.96. The van der Waals surface area contributed by atoms with Gasteiger partial charge >= 0.3 is 18.5 Å². The van der Waals surface area contributed by atoms with E-state index < -0.39 is 35.2 Å². The van der Waals surface area contributed by atoms with Crippen molar-refractivity contribution in [3.8, 4) is 51.0 Å². The van der Waals surface area contributed by atoms with E-state index in [-0.39, 0.29) is 61.7 Å². The van der Waals surface area contributed by atoms with Crippen molar-refractivity contribution in [2.45, 2.75) is 18.5 Å². The van der Waals surface area contributed by atoms with Gasteiger partial charge in [-0.25, -0.2) is 15.0 Å². The number of nitrogens with zero attached hydrogens (tertiary/aromatic N) is 4. The van der Waals surface area contributed by atoms with Crippen LogP contribution >= 0.6 is 0 Å². The molecule has 0 spiro atoms. The van der Waals surface area contributed by atoms with Gasteiger partial charge in [0.1, 0.15) is 0 Å². The van der Waals surface area contributed by atoms with Crippen molar-refractivity contribution in [3.05, 3.63) is 156 Å². The summed E-state index contributed by atoms with van der Waals surface area (Å²) < 4.78 is 127. The fourth-order valence-electron chi connectivity index (χ4n) is 6.55. The summed E-state index contributed by atoms with van der Waals surface area (Å²) >= 11 is 0. The fraction of sp³-hybridized carbons (Fsp3) is 0.0714. The standard InChI is InChI=1S/C42H23F9N4/c43-40(44,45)27-13-7-12-26(20-27)31-17-16-30(23-34(31)39-53-37(24-8-3-1-4-9-24)52-38(54-39)25-10-5-2-6-11-25)55-35-18-14-28(41(46,47)48)21-32(35)33-22-29(42(49,50)51)15-19-36(33)55/h1-23H. The summed E-state index contributed by atoms with van der Waals surface area (Å²) in [5.74, 6) is 0.559. The maximum absolute atomic E-state index is 14.0. The molecule has 2 heterocycles. The second-order valence-corrected chi connectivity index (χ2v) is 12.6. The number of hydrogen-bond donors (Lipinski definition) is 0. The van der Waals surface area contributed by atoms with Gasteiger partial charge in [0.2, 0.25) is 0 Å². The van der Waals surface area contributed by atoms with E-state index in [0.717, 1.165) is 36.4 Å². The molecule has 274 valence electrons. The lowest BCUT2D eigenvalue weighted by Gasteiger charge is -2.16. The van der Waals surface area contributed by atoms with Crippen molar-refractivity contribution >= 4 is 21.8 Å². The van der Waals surface area contributed by atoms with E-state index in [0.29, 0.717) is 11.1 Å². The maximum atomic E-state index is 14.0. The number of aromatic nitrogens is 4. The first kappa shape index (κ1) is 35.5. The van der Waals surface area contributed by atoms with Crippen LogP contribution in [-0.4, -0.2) is 19.5 Å². The van der Waals surface area contributed by atoms with Gasteiger partial charge in [0, 0.05) is 33.2 Å². The van der Waals surface area contributed by atoms with Gasteiger partial charge in [-0.15, -0.1) is 0 Å². The smallest absolute Gasteiger partial charge is 0.309 e. The fourth-order valence-corrected chi connectivity index (χ4v) is 6.55. The molecule has 0 aliphatic carbocycles. The van der Waals surface area contributed by atoms with Crippen LogP contribution < -0.4 is 0 Å². The van der Waals surface area contributed by atoms with E-state index in [2.05, 4.69) is 0 Å². The SMILES string of the molecule is FC(F)(F)c1cccc(-c2ccc(-n3c4ccc(C(F)(F)F)cc4c4cc(C(F)(F)F)ccc43)cc2-c2nc(-c3ccccc3)nc(-c3ccccc3)n2)c1. The van der Waals surface area contributed by atoms with Crippen molar-refractivity contribution < 1.29 is 39.5 Å². The molecule has 0 N–H and O–H groups in total. The topological polar surface area (TPSA) is 43.6 Å². The molecule has 0 bridgehead atoms. The molecule has 0 saturated carbocycles. The highest BCUT2D eigenvalue weighted by Crippen LogP contribution is 2.42. The van der Waals surface area contributed by atoms with Crippen molar-refractivity contribution in [1.82, 2.24) is 19.5 Å². The molecule has 8 rings (SSSR count). The molecular formula is C42H23F9N4. The van der Waals surface area contributed by atoms with Crippen LogP contribution in [0.5, 0.6) is 0 Å². The van der Waals surface area contributed by atoms with Crippen molar-refractivity contribution in [3.63, 3.8) is 0 Å². The third-order valence-corrected chi connectivity index (χ3v) is 9.12. The molecule has 0 atom stereocenters. The Kier molecular flexibility index (Phi) is 8.47. The third kappa shape index (κ3) is 6.77. The van der Waals surface area contributed by atoms with Crippen molar-refractivity contribution in [1.29, 1.82) is 0 Å². The first-order valence-electron chi connectivity index (χ1n) is 16.6. The first-order valence-corrected chi connectivity index (χ1v) is 16.6. The van der Waals surface area contributed by atoms with Gasteiger partial charge in [0.05, 0.1) is 27.7 Å². The summed E-state index contributed by atoms with van der Waals surface area (Å²) in [5.41, 5.74) is -0.536. The molecule has 0 saturated heterocycles. The minimum atomic E-state index is -4.78. The number of rotatable bonds is 5.